The minimum atomic E-state index is -0.851. The van der Waals surface area contributed by atoms with Crippen LogP contribution in [0.5, 0.6) is 11.5 Å². The minimum absolute atomic E-state index is 0.0292. The van der Waals surface area contributed by atoms with Gasteiger partial charge in [0.15, 0.2) is 5.13 Å². The van der Waals surface area contributed by atoms with E-state index in [-0.39, 0.29) is 17.4 Å². The predicted molar refractivity (Wildman–Crippen MR) is 147 cm³/mol. The standard InChI is InChI=1S/C30H26N2O5S/c1-4-36-21-9-6-18(7-10-21)26-25(27(33)19-8-12-23-20(15-19)14-17(3)37-23)28(34)29(35)32(26)30-31-22-11-5-16(2)13-24(22)38-30/h5-13,15,17,26,33H,4,14H2,1-3H3/b27-25+/t17-,26-/m1/s1. The van der Waals surface area contributed by atoms with Crippen molar-refractivity contribution in [3.63, 3.8) is 0 Å². The summed E-state index contributed by atoms with van der Waals surface area (Å²) < 4.78 is 12.3. The number of aromatic nitrogens is 1. The number of hydrogen-bond acceptors (Lipinski definition) is 7. The van der Waals surface area contributed by atoms with E-state index in [1.807, 2.05) is 57.2 Å². The van der Waals surface area contributed by atoms with E-state index in [1.54, 1.807) is 24.3 Å². The number of aryl methyl sites for hydroxylation is 1. The zero-order chi connectivity index (χ0) is 26.6. The molecule has 7 nitrogen and oxygen atoms in total. The van der Waals surface area contributed by atoms with Crippen LogP contribution in [0, 0.1) is 6.92 Å². The first-order valence-corrected chi connectivity index (χ1v) is 13.4. The highest BCUT2D eigenvalue weighted by molar-refractivity contribution is 7.22. The average molecular weight is 527 g/mol. The molecule has 2 aliphatic heterocycles. The van der Waals surface area contributed by atoms with Crippen molar-refractivity contribution >= 4 is 44.1 Å². The lowest BCUT2D eigenvalue weighted by molar-refractivity contribution is -0.132. The topological polar surface area (TPSA) is 89.0 Å². The van der Waals surface area contributed by atoms with E-state index in [0.717, 1.165) is 27.1 Å². The van der Waals surface area contributed by atoms with Crippen molar-refractivity contribution in [1.29, 1.82) is 0 Å². The molecule has 1 saturated heterocycles. The Morgan fingerprint density at radius 3 is 2.68 bits per heavy atom. The molecule has 0 radical (unpaired) electrons. The van der Waals surface area contributed by atoms with Gasteiger partial charge in [-0.2, -0.15) is 0 Å². The summed E-state index contributed by atoms with van der Waals surface area (Å²) in [5.41, 5.74) is 3.94. The molecule has 2 aliphatic rings. The Bertz CT molecular complexity index is 1620. The molecule has 0 saturated carbocycles. The molecule has 1 amide bonds. The Morgan fingerprint density at radius 1 is 1.13 bits per heavy atom. The third-order valence-electron chi connectivity index (χ3n) is 6.86. The fraction of sp³-hybridized carbons (Fsp3) is 0.233. The van der Waals surface area contributed by atoms with Crippen LogP contribution in [0.15, 0.2) is 66.2 Å². The van der Waals surface area contributed by atoms with Crippen molar-refractivity contribution in [2.45, 2.75) is 39.3 Å². The van der Waals surface area contributed by atoms with E-state index in [1.165, 1.54) is 16.2 Å². The summed E-state index contributed by atoms with van der Waals surface area (Å²) in [6.07, 6.45) is 0.748. The third kappa shape index (κ3) is 4.01. The van der Waals surface area contributed by atoms with Crippen molar-refractivity contribution in [3.05, 3.63) is 88.5 Å². The number of rotatable bonds is 5. The Hall–Kier alpha value is -4.17. The van der Waals surface area contributed by atoms with Gasteiger partial charge in [0.1, 0.15) is 23.4 Å². The quantitative estimate of drug-likeness (QED) is 0.196. The van der Waals surface area contributed by atoms with Crippen molar-refractivity contribution in [2.24, 2.45) is 0 Å². The van der Waals surface area contributed by atoms with Gasteiger partial charge in [-0.25, -0.2) is 4.98 Å². The fourth-order valence-electron chi connectivity index (χ4n) is 5.11. The summed E-state index contributed by atoms with van der Waals surface area (Å²) in [5, 5.41) is 11.9. The highest BCUT2D eigenvalue weighted by atomic mass is 32.1. The van der Waals surface area contributed by atoms with Crippen LogP contribution in [-0.4, -0.2) is 34.5 Å². The predicted octanol–water partition coefficient (Wildman–Crippen LogP) is 5.95. The molecule has 38 heavy (non-hydrogen) atoms. The number of amides is 1. The van der Waals surface area contributed by atoms with E-state index in [4.69, 9.17) is 14.5 Å². The zero-order valence-electron chi connectivity index (χ0n) is 21.2. The Kier molecular flexibility index (Phi) is 5.91. The Balaban J connectivity index is 1.51. The summed E-state index contributed by atoms with van der Waals surface area (Å²) in [6.45, 7) is 6.40. The summed E-state index contributed by atoms with van der Waals surface area (Å²) in [5.74, 6) is -0.246. The van der Waals surface area contributed by atoms with Crippen LogP contribution in [0.4, 0.5) is 5.13 Å². The average Bonchev–Trinajstić information content (AvgIpc) is 3.56. The van der Waals surface area contributed by atoms with E-state index >= 15 is 0 Å². The normalized spacial score (nSPS) is 20.1. The van der Waals surface area contributed by atoms with Crippen LogP contribution in [0.2, 0.25) is 0 Å². The number of hydrogen-bond donors (Lipinski definition) is 1. The number of carbonyl (C=O) groups excluding carboxylic acids is 2. The molecule has 6 rings (SSSR count). The number of ketones is 1. The maximum Gasteiger partial charge on any atom is 0.301 e. The first-order chi connectivity index (χ1) is 18.3. The lowest BCUT2D eigenvalue weighted by atomic mass is 9.94. The molecule has 0 aliphatic carbocycles. The number of aliphatic hydroxyl groups is 1. The number of benzene rings is 3. The molecule has 0 bridgehead atoms. The molecule has 1 fully saturated rings. The smallest absolute Gasteiger partial charge is 0.301 e. The summed E-state index contributed by atoms with van der Waals surface area (Å²) in [7, 11) is 0. The molecule has 1 aromatic heterocycles. The van der Waals surface area contributed by atoms with Crippen molar-refractivity contribution in [3.8, 4) is 11.5 Å². The van der Waals surface area contributed by atoms with Gasteiger partial charge in [-0.05, 0) is 79.9 Å². The molecule has 3 heterocycles. The van der Waals surface area contributed by atoms with Crippen molar-refractivity contribution in [2.75, 3.05) is 11.5 Å². The summed E-state index contributed by atoms with van der Waals surface area (Å²) in [4.78, 5) is 33.2. The van der Waals surface area contributed by atoms with Crippen molar-refractivity contribution < 1.29 is 24.2 Å². The number of aliphatic hydroxyl groups excluding tert-OH is 1. The second-order valence-corrected chi connectivity index (χ2v) is 10.6. The largest absolute Gasteiger partial charge is 0.507 e. The summed E-state index contributed by atoms with van der Waals surface area (Å²) >= 11 is 1.35. The molecule has 0 unspecified atom stereocenters. The second-order valence-electron chi connectivity index (χ2n) is 9.59. The highest BCUT2D eigenvalue weighted by Gasteiger charge is 2.48. The van der Waals surface area contributed by atoms with Gasteiger partial charge >= 0.3 is 5.91 Å². The maximum atomic E-state index is 13.5. The molecule has 4 aromatic rings. The number of anilines is 1. The molecule has 0 spiro atoms. The van der Waals surface area contributed by atoms with Gasteiger partial charge in [0.05, 0.1) is 28.4 Å². The number of carbonyl (C=O) groups is 2. The van der Waals surface area contributed by atoms with Crippen LogP contribution < -0.4 is 14.4 Å². The first kappa shape index (κ1) is 24.2. The minimum Gasteiger partial charge on any atom is -0.507 e. The van der Waals surface area contributed by atoms with Crippen LogP contribution in [0.3, 0.4) is 0 Å². The molecule has 192 valence electrons. The maximum absolute atomic E-state index is 13.5. The van der Waals surface area contributed by atoms with Gasteiger partial charge in [0.25, 0.3) is 5.78 Å². The number of ether oxygens (including phenoxy) is 2. The second kappa shape index (κ2) is 9.29. The van der Waals surface area contributed by atoms with Crippen LogP contribution >= 0.6 is 11.3 Å². The number of fused-ring (bicyclic) bond motifs is 2. The van der Waals surface area contributed by atoms with Gasteiger partial charge in [-0.15, -0.1) is 0 Å². The fourth-order valence-corrected chi connectivity index (χ4v) is 6.20. The Labute approximate surface area is 224 Å². The molecule has 1 N–H and O–H groups in total. The van der Waals surface area contributed by atoms with E-state index in [9.17, 15) is 14.7 Å². The molecule has 2 atom stereocenters. The molecule has 8 heteroatoms. The monoisotopic (exact) mass is 526 g/mol. The van der Waals surface area contributed by atoms with E-state index in [2.05, 4.69) is 0 Å². The molecular weight excluding hydrogens is 500 g/mol. The zero-order valence-corrected chi connectivity index (χ0v) is 22.0. The SMILES string of the molecule is CCOc1ccc([C@@H]2/C(=C(\O)c3ccc4c(c3)C[C@@H](C)O4)C(=O)C(=O)N2c2nc3ccc(C)cc3s2)cc1. The number of nitrogens with zero attached hydrogens (tertiary/aromatic N) is 2. The van der Waals surface area contributed by atoms with E-state index in [0.29, 0.717) is 35.0 Å². The first-order valence-electron chi connectivity index (χ1n) is 12.5. The lowest BCUT2D eigenvalue weighted by Gasteiger charge is -2.23. The molecule has 3 aromatic carbocycles. The van der Waals surface area contributed by atoms with Gasteiger partial charge in [0.2, 0.25) is 0 Å². The number of thiazole rings is 1. The number of Topliss-reactive ketones (excluding diaryl/α,β-unsaturated/α-hetero) is 1. The van der Waals surface area contributed by atoms with Crippen LogP contribution in [0.1, 0.15) is 42.1 Å². The molecular formula is C30H26N2O5S. The van der Waals surface area contributed by atoms with E-state index < -0.39 is 17.7 Å². The highest BCUT2D eigenvalue weighted by Crippen LogP contribution is 2.45. The van der Waals surface area contributed by atoms with Gasteiger partial charge in [-0.1, -0.05) is 29.5 Å². The van der Waals surface area contributed by atoms with Crippen LogP contribution in [0.25, 0.3) is 16.0 Å². The van der Waals surface area contributed by atoms with Gasteiger partial charge < -0.3 is 14.6 Å². The van der Waals surface area contributed by atoms with Gasteiger partial charge in [0, 0.05) is 12.0 Å². The Morgan fingerprint density at radius 2 is 1.92 bits per heavy atom. The summed E-state index contributed by atoms with van der Waals surface area (Å²) in [6, 6.07) is 17.6. The lowest BCUT2D eigenvalue weighted by Crippen LogP contribution is -2.29. The third-order valence-corrected chi connectivity index (χ3v) is 7.88. The van der Waals surface area contributed by atoms with Gasteiger partial charge in [-0.3, -0.25) is 14.5 Å². The van der Waals surface area contributed by atoms with Crippen LogP contribution in [-0.2, 0) is 16.0 Å². The van der Waals surface area contributed by atoms with Crippen molar-refractivity contribution in [1.82, 2.24) is 4.98 Å².